The molecule has 1 fully saturated rings. The van der Waals surface area contributed by atoms with Gasteiger partial charge in [-0.25, -0.2) is 4.99 Å². The third-order valence-corrected chi connectivity index (χ3v) is 5.57. The summed E-state index contributed by atoms with van der Waals surface area (Å²) in [6.07, 6.45) is 6.27. The van der Waals surface area contributed by atoms with E-state index in [1.807, 2.05) is 25.1 Å². The lowest BCUT2D eigenvalue weighted by Crippen LogP contribution is -2.43. The SMILES string of the molecule is CCNC(=NCc1ccc(OC)c(OCC)c1)NCC1(CCOCC)CCCC1.I. The van der Waals surface area contributed by atoms with Gasteiger partial charge in [0.15, 0.2) is 17.5 Å². The number of hydrogen-bond donors (Lipinski definition) is 2. The molecule has 0 saturated heterocycles. The molecule has 0 unspecified atom stereocenters. The van der Waals surface area contributed by atoms with Crippen LogP contribution in [0.15, 0.2) is 23.2 Å². The Morgan fingerprint density at radius 1 is 1.07 bits per heavy atom. The fraction of sp³-hybridized carbons (Fsp3) is 0.696. The first kappa shape index (κ1) is 26.8. The summed E-state index contributed by atoms with van der Waals surface area (Å²) in [6, 6.07) is 5.99. The number of hydrogen-bond acceptors (Lipinski definition) is 4. The van der Waals surface area contributed by atoms with Gasteiger partial charge in [0.1, 0.15) is 0 Å². The smallest absolute Gasteiger partial charge is 0.191 e. The molecule has 172 valence electrons. The van der Waals surface area contributed by atoms with Gasteiger partial charge in [0.25, 0.3) is 0 Å². The van der Waals surface area contributed by atoms with Crippen molar-refractivity contribution in [1.82, 2.24) is 10.6 Å². The molecule has 6 nitrogen and oxygen atoms in total. The van der Waals surface area contributed by atoms with Crippen molar-refractivity contribution in [3.63, 3.8) is 0 Å². The summed E-state index contributed by atoms with van der Waals surface area (Å²) in [5, 5.41) is 6.97. The second-order valence-corrected chi connectivity index (χ2v) is 7.62. The zero-order valence-electron chi connectivity index (χ0n) is 19.1. The van der Waals surface area contributed by atoms with Gasteiger partial charge in [0, 0.05) is 26.3 Å². The lowest BCUT2D eigenvalue weighted by Gasteiger charge is -2.30. The van der Waals surface area contributed by atoms with Crippen molar-refractivity contribution in [3.05, 3.63) is 23.8 Å². The number of rotatable bonds is 12. The third-order valence-electron chi connectivity index (χ3n) is 5.57. The van der Waals surface area contributed by atoms with Crippen LogP contribution in [0.4, 0.5) is 0 Å². The molecule has 7 heteroatoms. The van der Waals surface area contributed by atoms with Gasteiger partial charge in [-0.15, -0.1) is 24.0 Å². The highest BCUT2D eigenvalue weighted by Crippen LogP contribution is 2.40. The molecular weight excluding hydrogens is 493 g/mol. The maximum atomic E-state index is 5.68. The summed E-state index contributed by atoms with van der Waals surface area (Å²) in [5.41, 5.74) is 1.42. The van der Waals surface area contributed by atoms with Gasteiger partial charge >= 0.3 is 0 Å². The molecule has 2 rings (SSSR count). The number of halogens is 1. The summed E-state index contributed by atoms with van der Waals surface area (Å²) in [5.74, 6) is 2.38. The molecule has 1 aliphatic rings. The molecule has 1 aliphatic carbocycles. The molecule has 30 heavy (non-hydrogen) atoms. The first-order valence-corrected chi connectivity index (χ1v) is 11.1. The van der Waals surface area contributed by atoms with Crippen molar-refractivity contribution in [2.24, 2.45) is 10.4 Å². The first-order chi connectivity index (χ1) is 14.2. The van der Waals surface area contributed by atoms with Crippen molar-refractivity contribution in [3.8, 4) is 11.5 Å². The molecule has 0 bridgehead atoms. The maximum absolute atomic E-state index is 5.68. The fourth-order valence-electron chi connectivity index (χ4n) is 3.94. The van der Waals surface area contributed by atoms with Crippen LogP contribution in [0.3, 0.4) is 0 Å². The van der Waals surface area contributed by atoms with Crippen molar-refractivity contribution in [2.45, 2.75) is 59.4 Å². The van der Waals surface area contributed by atoms with Crippen molar-refractivity contribution in [2.75, 3.05) is 40.0 Å². The highest BCUT2D eigenvalue weighted by atomic mass is 127. The van der Waals surface area contributed by atoms with Crippen LogP contribution in [-0.2, 0) is 11.3 Å². The van der Waals surface area contributed by atoms with Gasteiger partial charge in [0.2, 0.25) is 0 Å². The molecule has 0 aromatic heterocycles. The van der Waals surface area contributed by atoms with E-state index in [-0.39, 0.29) is 24.0 Å². The Hall–Kier alpha value is -1.22. The van der Waals surface area contributed by atoms with E-state index < -0.39 is 0 Å². The molecule has 2 N–H and O–H groups in total. The Kier molecular flexibility index (Phi) is 13.2. The van der Waals surface area contributed by atoms with E-state index in [0.717, 1.165) is 55.7 Å². The quantitative estimate of drug-likeness (QED) is 0.176. The minimum Gasteiger partial charge on any atom is -0.493 e. The van der Waals surface area contributed by atoms with E-state index in [0.29, 0.717) is 18.6 Å². The number of ether oxygens (including phenoxy) is 3. The van der Waals surface area contributed by atoms with Crippen LogP contribution in [0.1, 0.15) is 58.4 Å². The third kappa shape index (κ3) is 8.49. The van der Waals surface area contributed by atoms with Gasteiger partial charge in [0.05, 0.1) is 20.3 Å². The normalized spacial score (nSPS) is 15.4. The highest BCUT2D eigenvalue weighted by molar-refractivity contribution is 14.0. The summed E-state index contributed by atoms with van der Waals surface area (Å²) in [4.78, 5) is 4.80. The molecule has 0 radical (unpaired) electrons. The predicted octanol–water partition coefficient (Wildman–Crippen LogP) is 4.75. The van der Waals surface area contributed by atoms with Gasteiger partial charge < -0.3 is 24.8 Å². The summed E-state index contributed by atoms with van der Waals surface area (Å²) >= 11 is 0. The molecule has 0 spiro atoms. The Morgan fingerprint density at radius 2 is 1.83 bits per heavy atom. The van der Waals surface area contributed by atoms with Crippen LogP contribution >= 0.6 is 24.0 Å². The molecule has 0 atom stereocenters. The average Bonchev–Trinajstić information content (AvgIpc) is 3.20. The minimum atomic E-state index is 0. The Balaban J connectivity index is 0.00000450. The van der Waals surface area contributed by atoms with Crippen molar-refractivity contribution >= 4 is 29.9 Å². The average molecular weight is 533 g/mol. The minimum absolute atomic E-state index is 0. The molecule has 0 heterocycles. The van der Waals surface area contributed by atoms with Crippen LogP contribution in [0.5, 0.6) is 11.5 Å². The molecule has 1 aromatic carbocycles. The number of aliphatic imine (C=N–C) groups is 1. The van der Waals surface area contributed by atoms with Crippen LogP contribution in [-0.4, -0.2) is 46.0 Å². The molecule has 0 amide bonds. The van der Waals surface area contributed by atoms with Crippen molar-refractivity contribution < 1.29 is 14.2 Å². The molecule has 1 aromatic rings. The fourth-order valence-corrected chi connectivity index (χ4v) is 3.94. The number of methoxy groups -OCH3 is 1. The molecule has 0 aliphatic heterocycles. The highest BCUT2D eigenvalue weighted by Gasteiger charge is 2.33. The van der Waals surface area contributed by atoms with Crippen LogP contribution in [0.25, 0.3) is 0 Å². The van der Waals surface area contributed by atoms with Gasteiger partial charge in [-0.05, 0) is 63.1 Å². The Morgan fingerprint density at radius 3 is 2.47 bits per heavy atom. The van der Waals surface area contributed by atoms with Gasteiger partial charge in [-0.2, -0.15) is 0 Å². The number of guanidine groups is 1. The lowest BCUT2D eigenvalue weighted by atomic mass is 9.83. The summed E-state index contributed by atoms with van der Waals surface area (Å²) < 4.78 is 16.7. The maximum Gasteiger partial charge on any atom is 0.191 e. The second-order valence-electron chi connectivity index (χ2n) is 7.62. The van der Waals surface area contributed by atoms with Crippen LogP contribution < -0.4 is 20.1 Å². The lowest BCUT2D eigenvalue weighted by molar-refractivity contribution is 0.105. The predicted molar refractivity (Wildman–Crippen MR) is 134 cm³/mol. The standard InChI is InChI=1S/C23H39N3O3.HI/c1-5-24-22(26-18-23(12-8-9-13-23)14-15-28-6-2)25-17-19-10-11-20(27-4)21(16-19)29-7-3;/h10-11,16H,5-9,12-15,17-18H2,1-4H3,(H2,24,25,26);1H. The Bertz CT molecular complexity index is 634. The van der Waals surface area contributed by atoms with Crippen LogP contribution in [0, 0.1) is 5.41 Å². The van der Waals surface area contributed by atoms with Gasteiger partial charge in [-0.1, -0.05) is 18.9 Å². The zero-order chi connectivity index (χ0) is 21.0. The largest absolute Gasteiger partial charge is 0.493 e. The van der Waals surface area contributed by atoms with E-state index in [4.69, 9.17) is 19.2 Å². The first-order valence-electron chi connectivity index (χ1n) is 11.1. The number of benzene rings is 1. The van der Waals surface area contributed by atoms with E-state index in [2.05, 4.69) is 24.5 Å². The number of nitrogens with one attached hydrogen (secondary N) is 2. The van der Waals surface area contributed by atoms with E-state index >= 15 is 0 Å². The van der Waals surface area contributed by atoms with Gasteiger partial charge in [-0.3, -0.25) is 0 Å². The van der Waals surface area contributed by atoms with E-state index in [1.54, 1.807) is 7.11 Å². The van der Waals surface area contributed by atoms with Crippen LogP contribution in [0.2, 0.25) is 0 Å². The summed E-state index contributed by atoms with van der Waals surface area (Å²) in [6.45, 7) is 10.7. The molecular formula is C23H40IN3O3. The van der Waals surface area contributed by atoms with Crippen molar-refractivity contribution in [1.29, 1.82) is 0 Å². The van der Waals surface area contributed by atoms with E-state index in [1.165, 1.54) is 25.7 Å². The zero-order valence-corrected chi connectivity index (χ0v) is 21.4. The number of nitrogens with zero attached hydrogens (tertiary/aromatic N) is 1. The second kappa shape index (κ2) is 14.7. The van der Waals surface area contributed by atoms with E-state index in [9.17, 15) is 0 Å². The topological polar surface area (TPSA) is 64.1 Å². The monoisotopic (exact) mass is 533 g/mol. The molecule has 1 saturated carbocycles. The Labute approximate surface area is 199 Å². The summed E-state index contributed by atoms with van der Waals surface area (Å²) in [7, 11) is 1.66.